The molecular weight excluding hydrogens is 745 g/mol. The molecule has 0 bridgehead atoms. The Morgan fingerprint density at radius 3 is 0.944 bits per heavy atom. The minimum atomic E-state index is -4.03. The van der Waals surface area contributed by atoms with Crippen molar-refractivity contribution >= 4 is 20.2 Å². The highest BCUT2D eigenvalue weighted by Gasteiger charge is 2.13. The van der Waals surface area contributed by atoms with Crippen molar-refractivity contribution in [3.63, 3.8) is 0 Å². The predicted molar refractivity (Wildman–Crippen MR) is 212 cm³/mol. The van der Waals surface area contributed by atoms with Crippen LogP contribution in [0.4, 0.5) is 0 Å². The maximum absolute atomic E-state index is 11.0. The predicted octanol–water partition coefficient (Wildman–Crippen LogP) is 6.69. The van der Waals surface area contributed by atoms with E-state index in [0.717, 1.165) is 25.7 Å². The summed E-state index contributed by atoms with van der Waals surface area (Å²) in [5, 5.41) is 0. The molecule has 2 unspecified atom stereocenters. The van der Waals surface area contributed by atoms with Gasteiger partial charge < -0.3 is 37.9 Å². The summed E-state index contributed by atoms with van der Waals surface area (Å²) in [6.07, 6.45) is 19.1. The van der Waals surface area contributed by atoms with E-state index in [0.29, 0.717) is 66.1 Å². The fourth-order valence-electron chi connectivity index (χ4n) is 5.36. The second-order valence-corrected chi connectivity index (χ2v) is 16.9. The molecule has 0 radical (unpaired) electrons. The summed E-state index contributed by atoms with van der Waals surface area (Å²) in [5.74, 6) is -0.708. The molecule has 0 heterocycles. The molecule has 326 valence electrons. The Morgan fingerprint density at radius 2 is 0.630 bits per heavy atom. The van der Waals surface area contributed by atoms with Crippen molar-refractivity contribution in [3.05, 3.63) is 0 Å². The second-order valence-electron chi connectivity index (χ2n) is 13.7. The van der Waals surface area contributed by atoms with E-state index in [-0.39, 0.29) is 63.0 Å². The van der Waals surface area contributed by atoms with Gasteiger partial charge in [0.15, 0.2) is 0 Å². The SMILES string of the molecule is CCCCCCCCCCOCC(COCCOCCOCCOCC(COCCCCCCCCCC)OCCCS(=O)(=O)O)OCCCS(=O)(=O)O. The highest BCUT2D eigenvalue weighted by Crippen LogP contribution is 2.10. The van der Waals surface area contributed by atoms with Crippen molar-refractivity contribution in [2.45, 2.75) is 142 Å². The Balaban J connectivity index is 4.12. The lowest BCUT2D eigenvalue weighted by atomic mass is 10.1. The zero-order valence-corrected chi connectivity index (χ0v) is 35.4. The lowest BCUT2D eigenvalue weighted by Crippen LogP contribution is -2.28. The average Bonchev–Trinajstić information content (AvgIpc) is 3.12. The van der Waals surface area contributed by atoms with Gasteiger partial charge in [0.25, 0.3) is 20.2 Å². The summed E-state index contributed by atoms with van der Waals surface area (Å²) >= 11 is 0. The van der Waals surface area contributed by atoms with Crippen LogP contribution in [0.3, 0.4) is 0 Å². The number of unbranched alkanes of at least 4 members (excludes halogenated alkanes) is 14. The molecule has 0 spiro atoms. The fraction of sp³-hybridized carbons (Fsp3) is 1.00. The molecule has 2 N–H and O–H groups in total. The Bertz CT molecular complexity index is 907. The van der Waals surface area contributed by atoms with E-state index in [1.807, 2.05) is 0 Å². The van der Waals surface area contributed by atoms with Crippen molar-refractivity contribution in [2.24, 2.45) is 0 Å². The van der Waals surface area contributed by atoms with Crippen LogP contribution >= 0.6 is 0 Å². The molecular formula is C38H78O14S2. The van der Waals surface area contributed by atoms with Gasteiger partial charge in [0.1, 0.15) is 12.2 Å². The summed E-state index contributed by atoms with van der Waals surface area (Å²) in [4.78, 5) is 0. The van der Waals surface area contributed by atoms with Gasteiger partial charge in [-0.25, -0.2) is 0 Å². The molecule has 54 heavy (non-hydrogen) atoms. The molecule has 0 fully saturated rings. The monoisotopic (exact) mass is 822 g/mol. The number of rotatable bonds is 45. The molecule has 0 aromatic rings. The van der Waals surface area contributed by atoms with Crippen LogP contribution in [0.5, 0.6) is 0 Å². The highest BCUT2D eigenvalue weighted by atomic mass is 32.2. The van der Waals surface area contributed by atoms with Crippen LogP contribution in [0.2, 0.25) is 0 Å². The largest absolute Gasteiger partial charge is 0.379 e. The smallest absolute Gasteiger partial charge is 0.264 e. The molecule has 0 aliphatic rings. The molecule has 0 saturated heterocycles. The van der Waals surface area contributed by atoms with Crippen LogP contribution in [0.15, 0.2) is 0 Å². The molecule has 0 aliphatic heterocycles. The van der Waals surface area contributed by atoms with E-state index >= 15 is 0 Å². The second kappa shape index (κ2) is 39.3. The maximum atomic E-state index is 11.0. The molecule has 16 heteroatoms. The summed E-state index contributed by atoms with van der Waals surface area (Å²) in [6, 6.07) is 0. The van der Waals surface area contributed by atoms with Crippen molar-refractivity contribution in [1.82, 2.24) is 0 Å². The minimum absolute atomic E-state index is 0.171. The van der Waals surface area contributed by atoms with Crippen molar-refractivity contribution < 1.29 is 63.8 Å². The Kier molecular flexibility index (Phi) is 39.0. The van der Waals surface area contributed by atoms with Gasteiger partial charge in [-0.15, -0.1) is 0 Å². The molecule has 2 atom stereocenters. The van der Waals surface area contributed by atoms with Gasteiger partial charge in [-0.2, -0.15) is 16.8 Å². The summed E-state index contributed by atoms with van der Waals surface area (Å²) < 4.78 is 108. The quantitative estimate of drug-likeness (QED) is 0.0489. The topological polar surface area (TPSA) is 183 Å². The zero-order valence-electron chi connectivity index (χ0n) is 33.8. The van der Waals surface area contributed by atoms with Crippen molar-refractivity contribution in [3.8, 4) is 0 Å². The Morgan fingerprint density at radius 1 is 0.352 bits per heavy atom. The van der Waals surface area contributed by atoms with Gasteiger partial charge in [-0.05, 0) is 25.7 Å². The lowest BCUT2D eigenvalue weighted by molar-refractivity contribution is -0.0734. The van der Waals surface area contributed by atoms with Crippen LogP contribution in [0.25, 0.3) is 0 Å². The van der Waals surface area contributed by atoms with E-state index in [1.54, 1.807) is 0 Å². The van der Waals surface area contributed by atoms with Gasteiger partial charge in [-0.1, -0.05) is 104 Å². The van der Waals surface area contributed by atoms with E-state index in [1.165, 1.54) is 77.0 Å². The third-order valence-corrected chi connectivity index (χ3v) is 10.0. The summed E-state index contributed by atoms with van der Waals surface area (Å²) in [7, 11) is -8.05. The maximum Gasteiger partial charge on any atom is 0.264 e. The van der Waals surface area contributed by atoms with Gasteiger partial charge in [0.2, 0.25) is 0 Å². The zero-order chi connectivity index (χ0) is 39.9. The Hall–Kier alpha value is -0.500. The van der Waals surface area contributed by atoms with Crippen LogP contribution in [0, 0.1) is 0 Å². The molecule has 0 aromatic carbocycles. The highest BCUT2D eigenvalue weighted by molar-refractivity contribution is 7.86. The molecule has 0 aromatic heterocycles. The summed E-state index contributed by atoms with van der Waals surface area (Å²) in [6.45, 7) is 9.46. The standard InChI is InChI=1S/C38H78O14S2/c1-3-5-7-9-11-13-15-17-21-47-33-37(51-23-19-31-53(39,40)41)35-49-29-27-45-25-26-46-28-30-50-36-38(52-24-20-32-54(42,43)44)34-48-22-18-16-14-12-10-8-6-4-2/h37-38H,3-36H2,1-2H3,(H,39,40,41)(H,42,43,44). The molecule has 0 amide bonds. The van der Waals surface area contributed by atoms with Gasteiger partial charge >= 0.3 is 0 Å². The van der Waals surface area contributed by atoms with E-state index in [2.05, 4.69) is 13.8 Å². The normalized spacial score (nSPS) is 13.5. The average molecular weight is 823 g/mol. The third kappa shape index (κ3) is 44.2. The van der Waals surface area contributed by atoms with Crippen molar-refractivity contribution in [2.75, 3.05) is 104 Å². The van der Waals surface area contributed by atoms with Gasteiger partial charge in [0.05, 0.1) is 77.6 Å². The molecule has 0 saturated carbocycles. The fourth-order valence-corrected chi connectivity index (χ4v) is 6.33. The van der Waals surface area contributed by atoms with Crippen molar-refractivity contribution in [1.29, 1.82) is 0 Å². The Labute approximate surface area is 328 Å². The van der Waals surface area contributed by atoms with Gasteiger partial charge in [-0.3, -0.25) is 9.11 Å². The molecule has 14 nitrogen and oxygen atoms in total. The van der Waals surface area contributed by atoms with E-state index in [9.17, 15) is 16.8 Å². The molecule has 0 rings (SSSR count). The summed E-state index contributed by atoms with van der Waals surface area (Å²) in [5.41, 5.74) is 0. The number of hydrogen-bond donors (Lipinski definition) is 2. The molecule has 0 aliphatic carbocycles. The van der Waals surface area contributed by atoms with Gasteiger partial charge in [0, 0.05) is 26.4 Å². The third-order valence-electron chi connectivity index (χ3n) is 8.42. The van der Waals surface area contributed by atoms with Crippen LogP contribution in [0.1, 0.15) is 129 Å². The minimum Gasteiger partial charge on any atom is -0.379 e. The number of ether oxygens (including phenoxy) is 8. The number of hydrogen-bond acceptors (Lipinski definition) is 12. The first-order chi connectivity index (χ1) is 26.1. The van der Waals surface area contributed by atoms with E-state index in [4.69, 9.17) is 47.0 Å². The first-order valence-electron chi connectivity index (χ1n) is 20.7. The lowest BCUT2D eigenvalue weighted by Gasteiger charge is -2.18. The van der Waals surface area contributed by atoms with Crippen LogP contribution < -0.4 is 0 Å². The van der Waals surface area contributed by atoms with Crippen LogP contribution in [-0.4, -0.2) is 142 Å². The first kappa shape index (κ1) is 53.5. The first-order valence-corrected chi connectivity index (χ1v) is 23.9. The van der Waals surface area contributed by atoms with Crippen LogP contribution in [-0.2, 0) is 58.1 Å². The van der Waals surface area contributed by atoms with E-state index < -0.39 is 20.2 Å².